The summed E-state index contributed by atoms with van der Waals surface area (Å²) in [4.78, 5) is 25.4. The number of benzene rings is 2. The van der Waals surface area contributed by atoms with Gasteiger partial charge in [-0.1, -0.05) is 30.3 Å². The molecule has 0 fully saturated rings. The quantitative estimate of drug-likeness (QED) is 0.445. The van der Waals surface area contributed by atoms with E-state index in [1.165, 1.54) is 11.3 Å². The summed E-state index contributed by atoms with van der Waals surface area (Å²) in [6.07, 6.45) is 0. The SMILES string of the molecule is C=C(C(=O)O)c1cc(C(=O)c2ccc(OC)cc2)sc1-c1ccc(Cl)cc1. The van der Waals surface area contributed by atoms with Crippen LogP contribution in [0, 0.1) is 0 Å². The van der Waals surface area contributed by atoms with Gasteiger partial charge in [0.05, 0.1) is 17.6 Å². The summed E-state index contributed by atoms with van der Waals surface area (Å²) in [6.45, 7) is 3.65. The number of hydrogen-bond acceptors (Lipinski definition) is 4. The van der Waals surface area contributed by atoms with Gasteiger partial charge in [-0.25, -0.2) is 4.79 Å². The largest absolute Gasteiger partial charge is 0.497 e. The first kappa shape index (κ1) is 18.9. The zero-order chi connectivity index (χ0) is 19.6. The van der Waals surface area contributed by atoms with Gasteiger partial charge in [-0.15, -0.1) is 11.3 Å². The van der Waals surface area contributed by atoms with Gasteiger partial charge < -0.3 is 9.84 Å². The van der Waals surface area contributed by atoms with Crippen molar-refractivity contribution in [3.05, 3.63) is 82.2 Å². The maximum absolute atomic E-state index is 12.9. The lowest BCUT2D eigenvalue weighted by Crippen LogP contribution is -2.00. The van der Waals surface area contributed by atoms with Crippen molar-refractivity contribution in [3.8, 4) is 16.2 Å². The average molecular weight is 399 g/mol. The fourth-order valence-corrected chi connectivity index (χ4v) is 3.82. The number of carbonyl (C=O) groups excluding carboxylic acids is 1. The van der Waals surface area contributed by atoms with Gasteiger partial charge in [0.1, 0.15) is 5.75 Å². The number of methoxy groups -OCH3 is 1. The molecular weight excluding hydrogens is 384 g/mol. The number of halogens is 1. The molecule has 27 heavy (non-hydrogen) atoms. The standard InChI is InChI=1S/C21H15ClO4S/c1-12(21(24)25)17-11-18(19(23)13-5-9-16(26-2)10-6-13)27-20(17)14-3-7-15(22)8-4-14/h3-11H,1H2,2H3,(H,24,25). The third-order valence-electron chi connectivity index (χ3n) is 4.00. The van der Waals surface area contributed by atoms with E-state index in [1.807, 2.05) is 0 Å². The van der Waals surface area contributed by atoms with E-state index in [-0.39, 0.29) is 11.4 Å². The van der Waals surface area contributed by atoms with E-state index in [1.54, 1.807) is 61.7 Å². The lowest BCUT2D eigenvalue weighted by Gasteiger charge is -2.03. The number of hydrogen-bond donors (Lipinski definition) is 1. The second-order valence-corrected chi connectivity index (χ2v) is 7.19. The van der Waals surface area contributed by atoms with Gasteiger partial charge in [-0.3, -0.25) is 4.79 Å². The molecule has 136 valence electrons. The van der Waals surface area contributed by atoms with Gasteiger partial charge in [-0.05, 0) is 48.0 Å². The van der Waals surface area contributed by atoms with Crippen LogP contribution in [0.3, 0.4) is 0 Å². The summed E-state index contributed by atoms with van der Waals surface area (Å²) in [5, 5.41) is 9.93. The van der Waals surface area contributed by atoms with Crippen molar-refractivity contribution < 1.29 is 19.4 Å². The molecule has 6 heteroatoms. The highest BCUT2D eigenvalue weighted by Gasteiger charge is 2.21. The van der Waals surface area contributed by atoms with Crippen LogP contribution in [0.1, 0.15) is 20.8 Å². The lowest BCUT2D eigenvalue weighted by atomic mass is 10.0. The fourth-order valence-electron chi connectivity index (χ4n) is 2.54. The summed E-state index contributed by atoms with van der Waals surface area (Å²) in [7, 11) is 1.55. The summed E-state index contributed by atoms with van der Waals surface area (Å²) in [6, 6.07) is 15.4. The number of rotatable bonds is 6. The Balaban J connectivity index is 2.07. The molecule has 0 aliphatic heterocycles. The first-order chi connectivity index (χ1) is 12.9. The highest BCUT2D eigenvalue weighted by atomic mass is 35.5. The molecule has 0 bridgehead atoms. The molecule has 0 saturated heterocycles. The Bertz CT molecular complexity index is 1020. The molecule has 0 aliphatic carbocycles. The van der Waals surface area contributed by atoms with Crippen molar-refractivity contribution in [1.29, 1.82) is 0 Å². The second kappa shape index (κ2) is 7.78. The average Bonchev–Trinajstić information content (AvgIpc) is 3.12. The van der Waals surface area contributed by atoms with Crippen LogP contribution in [0.4, 0.5) is 0 Å². The number of carboxylic acid groups (broad SMARTS) is 1. The van der Waals surface area contributed by atoms with Crippen molar-refractivity contribution in [2.75, 3.05) is 7.11 Å². The van der Waals surface area contributed by atoms with E-state index < -0.39 is 5.97 Å². The Morgan fingerprint density at radius 2 is 1.70 bits per heavy atom. The van der Waals surface area contributed by atoms with Crippen molar-refractivity contribution in [2.45, 2.75) is 0 Å². The molecule has 0 atom stereocenters. The molecule has 3 rings (SSSR count). The number of carbonyl (C=O) groups is 2. The molecule has 1 aromatic heterocycles. The number of ketones is 1. The van der Waals surface area contributed by atoms with Crippen LogP contribution in [0.25, 0.3) is 16.0 Å². The molecule has 0 aliphatic rings. The monoisotopic (exact) mass is 398 g/mol. The Kier molecular flexibility index (Phi) is 5.44. The van der Waals surface area contributed by atoms with Crippen LogP contribution in [0.5, 0.6) is 5.75 Å². The molecule has 0 saturated carbocycles. The number of thiophene rings is 1. The summed E-state index contributed by atoms with van der Waals surface area (Å²) in [5.41, 5.74) is 1.62. The molecular formula is C21H15ClO4S. The van der Waals surface area contributed by atoms with Gasteiger partial charge in [0.25, 0.3) is 0 Å². The number of ether oxygens (including phenoxy) is 1. The maximum atomic E-state index is 12.9. The van der Waals surface area contributed by atoms with E-state index in [9.17, 15) is 14.7 Å². The summed E-state index contributed by atoms with van der Waals surface area (Å²) >= 11 is 7.17. The van der Waals surface area contributed by atoms with Gasteiger partial charge in [0.15, 0.2) is 0 Å². The third kappa shape index (κ3) is 3.94. The predicted octanol–water partition coefficient (Wildman–Crippen LogP) is 5.41. The molecule has 2 aromatic carbocycles. The van der Waals surface area contributed by atoms with E-state index >= 15 is 0 Å². The van der Waals surface area contributed by atoms with Crippen molar-refractivity contribution in [3.63, 3.8) is 0 Å². The van der Waals surface area contributed by atoms with Crippen molar-refractivity contribution in [2.24, 2.45) is 0 Å². The highest BCUT2D eigenvalue weighted by Crippen LogP contribution is 2.38. The molecule has 0 amide bonds. The van der Waals surface area contributed by atoms with Gasteiger partial charge >= 0.3 is 5.97 Å². The Morgan fingerprint density at radius 3 is 2.26 bits per heavy atom. The predicted molar refractivity (Wildman–Crippen MR) is 108 cm³/mol. The molecule has 0 spiro atoms. The van der Waals surface area contributed by atoms with Crippen LogP contribution in [0.15, 0.2) is 61.2 Å². The Morgan fingerprint density at radius 1 is 1.07 bits per heavy atom. The van der Waals surface area contributed by atoms with Crippen LogP contribution < -0.4 is 4.74 Å². The molecule has 1 N–H and O–H groups in total. The zero-order valence-corrected chi connectivity index (χ0v) is 15.9. The van der Waals surface area contributed by atoms with Gasteiger partial charge in [0, 0.05) is 21.0 Å². The van der Waals surface area contributed by atoms with Gasteiger partial charge in [0.2, 0.25) is 5.78 Å². The lowest BCUT2D eigenvalue weighted by molar-refractivity contribution is -0.130. The number of aliphatic carboxylic acids is 1. The third-order valence-corrected chi connectivity index (χ3v) is 5.43. The van der Waals surface area contributed by atoms with Crippen LogP contribution in [-0.4, -0.2) is 24.0 Å². The molecule has 0 radical (unpaired) electrons. The second-order valence-electron chi connectivity index (χ2n) is 5.70. The first-order valence-corrected chi connectivity index (χ1v) is 9.11. The minimum atomic E-state index is -1.13. The van der Waals surface area contributed by atoms with Crippen LogP contribution >= 0.6 is 22.9 Å². The molecule has 4 nitrogen and oxygen atoms in total. The normalized spacial score (nSPS) is 10.4. The van der Waals surface area contributed by atoms with Crippen molar-refractivity contribution in [1.82, 2.24) is 0 Å². The minimum absolute atomic E-state index is 0.0648. The van der Waals surface area contributed by atoms with Crippen molar-refractivity contribution >= 4 is 40.3 Å². The Hall–Kier alpha value is -2.89. The van der Waals surface area contributed by atoms with E-state index in [0.717, 1.165) is 5.56 Å². The molecule has 0 unspecified atom stereocenters. The van der Waals surface area contributed by atoms with Gasteiger partial charge in [-0.2, -0.15) is 0 Å². The molecule has 1 heterocycles. The van der Waals surface area contributed by atoms with Crippen LogP contribution in [0.2, 0.25) is 5.02 Å². The zero-order valence-electron chi connectivity index (χ0n) is 14.4. The maximum Gasteiger partial charge on any atom is 0.335 e. The van der Waals surface area contributed by atoms with Crippen LogP contribution in [-0.2, 0) is 4.79 Å². The number of carboxylic acids is 1. The highest BCUT2D eigenvalue weighted by molar-refractivity contribution is 7.18. The van der Waals surface area contributed by atoms with E-state index in [4.69, 9.17) is 16.3 Å². The minimum Gasteiger partial charge on any atom is -0.497 e. The van der Waals surface area contributed by atoms with E-state index in [0.29, 0.717) is 31.7 Å². The summed E-state index contributed by atoms with van der Waals surface area (Å²) < 4.78 is 5.11. The smallest absolute Gasteiger partial charge is 0.335 e. The molecule has 3 aromatic rings. The van der Waals surface area contributed by atoms with E-state index in [2.05, 4.69) is 6.58 Å². The summed E-state index contributed by atoms with van der Waals surface area (Å²) in [5.74, 6) is -0.673. The first-order valence-electron chi connectivity index (χ1n) is 7.92. The topological polar surface area (TPSA) is 63.6 Å². The fraction of sp³-hybridized carbons (Fsp3) is 0.0476. The Labute approximate surface area is 165 Å².